The average molecular weight is 281 g/mol. The molecule has 0 saturated carbocycles. The Balaban J connectivity index is 2.23. The van der Waals surface area contributed by atoms with Crippen molar-refractivity contribution in [1.82, 2.24) is 0 Å². The Morgan fingerprint density at radius 2 is 1.90 bits per heavy atom. The van der Waals surface area contributed by atoms with Crippen LogP contribution in [0.3, 0.4) is 0 Å². The first-order valence-electron chi connectivity index (χ1n) is 7.52. The summed E-state index contributed by atoms with van der Waals surface area (Å²) < 4.78 is 0. The van der Waals surface area contributed by atoms with Crippen molar-refractivity contribution in [2.75, 3.05) is 5.32 Å². The standard InChI is InChI=1S/C19H23NO/c1-5-15-9-10-17(12-18(15)13(2)3)20-19(21)16-8-6-7-14(4)11-16/h6-13H,5H2,1-4H3,(H,20,21). The van der Waals surface area contributed by atoms with Crippen LogP contribution in [0.15, 0.2) is 42.5 Å². The van der Waals surface area contributed by atoms with Crippen molar-refractivity contribution in [3.8, 4) is 0 Å². The molecule has 2 heteroatoms. The van der Waals surface area contributed by atoms with E-state index in [-0.39, 0.29) is 5.91 Å². The van der Waals surface area contributed by atoms with E-state index in [1.165, 1.54) is 11.1 Å². The van der Waals surface area contributed by atoms with Gasteiger partial charge >= 0.3 is 0 Å². The van der Waals surface area contributed by atoms with Gasteiger partial charge in [-0.25, -0.2) is 0 Å². The van der Waals surface area contributed by atoms with Gasteiger partial charge in [0.15, 0.2) is 0 Å². The Hall–Kier alpha value is -2.09. The normalized spacial score (nSPS) is 10.7. The van der Waals surface area contributed by atoms with E-state index in [9.17, 15) is 4.79 Å². The first-order chi connectivity index (χ1) is 10.0. The predicted octanol–water partition coefficient (Wildman–Crippen LogP) is 4.93. The van der Waals surface area contributed by atoms with E-state index in [1.54, 1.807) is 0 Å². The molecule has 2 rings (SSSR count). The van der Waals surface area contributed by atoms with Gasteiger partial charge in [0.2, 0.25) is 0 Å². The molecule has 0 radical (unpaired) electrons. The van der Waals surface area contributed by atoms with E-state index in [1.807, 2.05) is 37.3 Å². The minimum Gasteiger partial charge on any atom is -0.322 e. The second-order valence-electron chi connectivity index (χ2n) is 5.75. The number of amides is 1. The lowest BCUT2D eigenvalue weighted by Gasteiger charge is -2.14. The molecule has 1 N–H and O–H groups in total. The van der Waals surface area contributed by atoms with Crippen LogP contribution in [0.25, 0.3) is 0 Å². The van der Waals surface area contributed by atoms with Crippen molar-refractivity contribution in [2.24, 2.45) is 0 Å². The molecule has 0 saturated heterocycles. The number of carbonyl (C=O) groups is 1. The van der Waals surface area contributed by atoms with E-state index in [2.05, 4.69) is 38.2 Å². The molecule has 0 aliphatic rings. The number of anilines is 1. The summed E-state index contributed by atoms with van der Waals surface area (Å²) >= 11 is 0. The maximum absolute atomic E-state index is 12.3. The summed E-state index contributed by atoms with van der Waals surface area (Å²) in [6.07, 6.45) is 1.01. The van der Waals surface area contributed by atoms with Crippen molar-refractivity contribution in [3.63, 3.8) is 0 Å². The molecular formula is C19H23NO. The summed E-state index contributed by atoms with van der Waals surface area (Å²) in [5.74, 6) is 0.397. The molecular weight excluding hydrogens is 258 g/mol. The lowest BCUT2D eigenvalue weighted by molar-refractivity contribution is 0.102. The molecule has 0 atom stereocenters. The van der Waals surface area contributed by atoms with Crippen LogP contribution in [0.1, 0.15) is 53.7 Å². The predicted molar refractivity (Wildman–Crippen MR) is 89.0 cm³/mol. The van der Waals surface area contributed by atoms with E-state index in [0.29, 0.717) is 11.5 Å². The van der Waals surface area contributed by atoms with E-state index < -0.39 is 0 Å². The summed E-state index contributed by atoms with van der Waals surface area (Å²) in [4.78, 5) is 12.3. The molecule has 2 aromatic rings. The van der Waals surface area contributed by atoms with Crippen molar-refractivity contribution >= 4 is 11.6 Å². The molecule has 0 unspecified atom stereocenters. The fraction of sp³-hybridized carbons (Fsp3) is 0.316. The highest BCUT2D eigenvalue weighted by Crippen LogP contribution is 2.24. The van der Waals surface area contributed by atoms with Gasteiger partial charge < -0.3 is 5.32 Å². The van der Waals surface area contributed by atoms with E-state index in [0.717, 1.165) is 17.7 Å². The fourth-order valence-corrected chi connectivity index (χ4v) is 2.52. The van der Waals surface area contributed by atoms with Gasteiger partial charge in [-0.2, -0.15) is 0 Å². The quantitative estimate of drug-likeness (QED) is 0.845. The van der Waals surface area contributed by atoms with Crippen LogP contribution in [-0.4, -0.2) is 5.91 Å². The maximum atomic E-state index is 12.3. The minimum absolute atomic E-state index is 0.0577. The first-order valence-corrected chi connectivity index (χ1v) is 7.52. The number of carbonyl (C=O) groups excluding carboxylic acids is 1. The van der Waals surface area contributed by atoms with Gasteiger partial charge in [-0.05, 0) is 54.7 Å². The fourth-order valence-electron chi connectivity index (χ4n) is 2.52. The molecule has 0 aliphatic carbocycles. The minimum atomic E-state index is -0.0577. The highest BCUT2D eigenvalue weighted by Gasteiger charge is 2.10. The van der Waals surface area contributed by atoms with Crippen LogP contribution in [0.4, 0.5) is 5.69 Å². The number of hydrogen-bond acceptors (Lipinski definition) is 1. The maximum Gasteiger partial charge on any atom is 0.255 e. The third-order valence-corrected chi connectivity index (χ3v) is 3.69. The number of aryl methyl sites for hydroxylation is 2. The molecule has 0 fully saturated rings. The van der Waals surface area contributed by atoms with Gasteiger partial charge in [-0.3, -0.25) is 4.79 Å². The molecule has 0 heterocycles. The molecule has 2 aromatic carbocycles. The molecule has 0 bridgehead atoms. The van der Waals surface area contributed by atoms with Crippen molar-refractivity contribution in [3.05, 3.63) is 64.7 Å². The highest BCUT2D eigenvalue weighted by molar-refractivity contribution is 6.04. The van der Waals surface area contributed by atoms with Crippen LogP contribution >= 0.6 is 0 Å². The first kappa shape index (κ1) is 15.3. The molecule has 0 spiro atoms. The highest BCUT2D eigenvalue weighted by atomic mass is 16.1. The SMILES string of the molecule is CCc1ccc(NC(=O)c2cccc(C)c2)cc1C(C)C. The molecule has 21 heavy (non-hydrogen) atoms. The van der Waals surface area contributed by atoms with Crippen molar-refractivity contribution in [1.29, 1.82) is 0 Å². The lowest BCUT2D eigenvalue weighted by Crippen LogP contribution is -2.12. The number of benzene rings is 2. The Morgan fingerprint density at radius 3 is 2.52 bits per heavy atom. The summed E-state index contributed by atoms with van der Waals surface area (Å²) in [6, 6.07) is 13.8. The third-order valence-electron chi connectivity index (χ3n) is 3.69. The Bertz CT molecular complexity index is 644. The Morgan fingerprint density at radius 1 is 1.14 bits per heavy atom. The summed E-state index contributed by atoms with van der Waals surface area (Å²) in [7, 11) is 0. The number of nitrogens with one attached hydrogen (secondary N) is 1. The van der Waals surface area contributed by atoms with Gasteiger partial charge in [-0.1, -0.05) is 44.5 Å². The molecule has 2 nitrogen and oxygen atoms in total. The van der Waals surface area contributed by atoms with Gasteiger partial charge in [0.1, 0.15) is 0 Å². The zero-order valence-corrected chi connectivity index (χ0v) is 13.2. The lowest BCUT2D eigenvalue weighted by atomic mass is 9.95. The van der Waals surface area contributed by atoms with Crippen molar-refractivity contribution in [2.45, 2.75) is 40.0 Å². The molecule has 110 valence electrons. The van der Waals surface area contributed by atoms with Crippen LogP contribution in [-0.2, 0) is 6.42 Å². The van der Waals surface area contributed by atoms with Crippen LogP contribution < -0.4 is 5.32 Å². The second kappa shape index (κ2) is 6.57. The Kier molecular flexibility index (Phi) is 4.79. The molecule has 1 amide bonds. The zero-order valence-electron chi connectivity index (χ0n) is 13.2. The molecule has 0 aromatic heterocycles. The molecule has 0 aliphatic heterocycles. The van der Waals surface area contributed by atoms with Crippen LogP contribution in [0, 0.1) is 6.92 Å². The van der Waals surface area contributed by atoms with Gasteiger partial charge in [0.05, 0.1) is 0 Å². The summed E-state index contributed by atoms with van der Waals surface area (Å²) in [5.41, 5.74) is 5.30. The average Bonchev–Trinajstić information content (AvgIpc) is 2.47. The second-order valence-corrected chi connectivity index (χ2v) is 5.75. The monoisotopic (exact) mass is 281 g/mol. The number of rotatable bonds is 4. The van der Waals surface area contributed by atoms with Gasteiger partial charge in [-0.15, -0.1) is 0 Å². The zero-order chi connectivity index (χ0) is 15.4. The Labute approximate surface area is 127 Å². The van der Waals surface area contributed by atoms with Gasteiger partial charge in [0, 0.05) is 11.3 Å². The van der Waals surface area contributed by atoms with Gasteiger partial charge in [0.25, 0.3) is 5.91 Å². The van der Waals surface area contributed by atoms with Crippen LogP contribution in [0.2, 0.25) is 0 Å². The summed E-state index contributed by atoms with van der Waals surface area (Å²) in [6.45, 7) is 8.51. The topological polar surface area (TPSA) is 29.1 Å². The smallest absolute Gasteiger partial charge is 0.255 e. The third kappa shape index (κ3) is 3.72. The van der Waals surface area contributed by atoms with Crippen molar-refractivity contribution < 1.29 is 4.79 Å². The van der Waals surface area contributed by atoms with E-state index >= 15 is 0 Å². The van der Waals surface area contributed by atoms with E-state index in [4.69, 9.17) is 0 Å². The summed E-state index contributed by atoms with van der Waals surface area (Å²) in [5, 5.41) is 2.99. The largest absolute Gasteiger partial charge is 0.322 e. The number of hydrogen-bond donors (Lipinski definition) is 1. The van der Waals surface area contributed by atoms with Crippen LogP contribution in [0.5, 0.6) is 0 Å².